The molecule has 1 aromatic rings. The van der Waals surface area contributed by atoms with Crippen LogP contribution >= 0.6 is 0 Å². The highest BCUT2D eigenvalue weighted by Crippen LogP contribution is 2.26. The second-order valence-corrected chi connectivity index (χ2v) is 5.24. The molecule has 114 valence electrons. The second kappa shape index (κ2) is 6.06. The third kappa shape index (κ3) is 3.11. The minimum atomic E-state index is -0.556. The van der Waals surface area contributed by atoms with E-state index in [1.165, 1.54) is 12.1 Å². The molecular weight excluding hydrogens is 274 g/mol. The lowest BCUT2D eigenvalue weighted by Crippen LogP contribution is -2.52. The Hall–Kier alpha value is -2.19. The van der Waals surface area contributed by atoms with Gasteiger partial charge in [0.2, 0.25) is 0 Å². The molecule has 0 aromatic heterocycles. The Bertz CT molecular complexity index is 563. The van der Waals surface area contributed by atoms with Crippen LogP contribution in [0.15, 0.2) is 18.2 Å². The highest BCUT2D eigenvalue weighted by molar-refractivity contribution is 5.96. The number of nitrogens with zero attached hydrogens (tertiary/aromatic N) is 3. The van der Waals surface area contributed by atoms with Gasteiger partial charge in [-0.1, -0.05) is 0 Å². The second-order valence-electron chi connectivity index (χ2n) is 5.24. The number of piperazine rings is 1. The Morgan fingerprint density at radius 1 is 1.48 bits per heavy atom. The van der Waals surface area contributed by atoms with Crippen molar-refractivity contribution in [3.8, 4) is 0 Å². The molecular formula is C13H19N5O3. The van der Waals surface area contributed by atoms with Gasteiger partial charge in [0.05, 0.1) is 4.92 Å². The van der Waals surface area contributed by atoms with E-state index in [0.717, 1.165) is 13.1 Å². The molecule has 0 radical (unpaired) electrons. The van der Waals surface area contributed by atoms with E-state index < -0.39 is 4.92 Å². The zero-order valence-electron chi connectivity index (χ0n) is 12.1. The Balaban J connectivity index is 2.27. The van der Waals surface area contributed by atoms with Crippen molar-refractivity contribution in [2.24, 2.45) is 5.84 Å². The molecule has 0 saturated carbocycles. The number of hydrogen-bond donors (Lipinski definition) is 2. The van der Waals surface area contributed by atoms with E-state index in [2.05, 4.69) is 10.3 Å². The number of hydrogen-bond acceptors (Lipinski definition) is 6. The first kappa shape index (κ1) is 15.2. The predicted molar refractivity (Wildman–Crippen MR) is 78.9 cm³/mol. The maximum Gasteiger partial charge on any atom is 0.294 e. The first-order valence-corrected chi connectivity index (χ1v) is 6.68. The lowest BCUT2D eigenvalue weighted by molar-refractivity contribution is -0.384. The van der Waals surface area contributed by atoms with Crippen molar-refractivity contribution in [3.05, 3.63) is 33.9 Å². The van der Waals surface area contributed by atoms with Crippen LogP contribution in [0.2, 0.25) is 0 Å². The van der Waals surface area contributed by atoms with E-state index in [0.29, 0.717) is 12.1 Å². The van der Waals surface area contributed by atoms with Crippen LogP contribution in [0, 0.1) is 10.1 Å². The van der Waals surface area contributed by atoms with Crippen molar-refractivity contribution in [2.75, 3.05) is 32.1 Å². The summed E-state index contributed by atoms with van der Waals surface area (Å²) in [5.41, 5.74) is 2.55. The van der Waals surface area contributed by atoms with Crippen LogP contribution in [-0.4, -0.2) is 53.4 Å². The standard InChI is InChI=1S/C13H19N5O3/c1-9-8-16(2)5-6-17(9)13(19)10-3-4-11(15-14)12(7-10)18(20)21/h3-4,7,9,15H,5-6,8,14H2,1-2H3. The quantitative estimate of drug-likeness (QED) is 0.482. The van der Waals surface area contributed by atoms with Gasteiger partial charge in [-0.2, -0.15) is 0 Å². The largest absolute Gasteiger partial charge is 0.333 e. The molecule has 1 heterocycles. The molecule has 1 saturated heterocycles. The van der Waals surface area contributed by atoms with Gasteiger partial charge in [0, 0.05) is 37.3 Å². The molecule has 0 spiro atoms. The molecule has 1 aliphatic rings. The van der Waals surface area contributed by atoms with E-state index in [1.807, 2.05) is 14.0 Å². The maximum absolute atomic E-state index is 12.5. The predicted octanol–water partition coefficient (Wildman–Crippen LogP) is 0.657. The van der Waals surface area contributed by atoms with Gasteiger partial charge in [0.15, 0.2) is 0 Å². The molecule has 1 amide bonds. The van der Waals surface area contributed by atoms with Gasteiger partial charge in [-0.25, -0.2) is 0 Å². The molecule has 0 bridgehead atoms. The number of hydrazine groups is 1. The van der Waals surface area contributed by atoms with E-state index >= 15 is 0 Å². The summed E-state index contributed by atoms with van der Waals surface area (Å²) in [5.74, 6) is 5.05. The Morgan fingerprint density at radius 2 is 2.19 bits per heavy atom. The van der Waals surface area contributed by atoms with Gasteiger partial charge < -0.3 is 15.2 Å². The minimum absolute atomic E-state index is 0.0719. The summed E-state index contributed by atoms with van der Waals surface area (Å²) in [5, 5.41) is 11.0. The molecule has 3 N–H and O–H groups in total. The Morgan fingerprint density at radius 3 is 2.76 bits per heavy atom. The number of nitrogen functional groups attached to an aromatic ring is 1. The summed E-state index contributed by atoms with van der Waals surface area (Å²) < 4.78 is 0. The number of nitro groups is 1. The van der Waals surface area contributed by atoms with Gasteiger partial charge >= 0.3 is 0 Å². The van der Waals surface area contributed by atoms with Crippen LogP contribution in [0.5, 0.6) is 0 Å². The number of rotatable bonds is 3. The number of nitro benzene ring substituents is 1. The van der Waals surface area contributed by atoms with Crippen LogP contribution in [0.1, 0.15) is 17.3 Å². The summed E-state index contributed by atoms with van der Waals surface area (Å²) in [7, 11) is 2.00. The SMILES string of the molecule is CC1CN(C)CCN1C(=O)c1ccc(NN)c([N+](=O)[O-])c1. The topological polar surface area (TPSA) is 105 Å². The molecule has 1 aromatic carbocycles. The van der Waals surface area contributed by atoms with Crippen molar-refractivity contribution in [2.45, 2.75) is 13.0 Å². The van der Waals surface area contributed by atoms with Crippen LogP contribution in [0.4, 0.5) is 11.4 Å². The molecule has 0 aliphatic carbocycles. The summed E-state index contributed by atoms with van der Waals surface area (Å²) in [6.45, 7) is 4.16. The summed E-state index contributed by atoms with van der Waals surface area (Å²) in [6, 6.07) is 4.34. The maximum atomic E-state index is 12.5. The molecule has 1 unspecified atom stereocenters. The van der Waals surface area contributed by atoms with Gasteiger partial charge in [-0.05, 0) is 26.1 Å². The number of benzene rings is 1. The monoisotopic (exact) mass is 293 g/mol. The number of carbonyl (C=O) groups is 1. The molecule has 1 fully saturated rings. The number of amides is 1. The zero-order chi connectivity index (χ0) is 15.6. The number of anilines is 1. The van der Waals surface area contributed by atoms with E-state index in [-0.39, 0.29) is 23.3 Å². The fraction of sp³-hybridized carbons (Fsp3) is 0.462. The highest BCUT2D eigenvalue weighted by Gasteiger charge is 2.28. The average molecular weight is 293 g/mol. The van der Waals surface area contributed by atoms with Crippen molar-refractivity contribution in [1.82, 2.24) is 9.80 Å². The van der Waals surface area contributed by atoms with Crippen LogP contribution in [0.25, 0.3) is 0 Å². The van der Waals surface area contributed by atoms with E-state index in [9.17, 15) is 14.9 Å². The van der Waals surface area contributed by atoms with Gasteiger partial charge in [0.1, 0.15) is 5.69 Å². The van der Waals surface area contributed by atoms with Gasteiger partial charge in [-0.15, -0.1) is 0 Å². The van der Waals surface area contributed by atoms with Gasteiger partial charge in [0.25, 0.3) is 11.6 Å². The molecule has 8 nitrogen and oxygen atoms in total. The van der Waals surface area contributed by atoms with Crippen LogP contribution in [0.3, 0.4) is 0 Å². The van der Waals surface area contributed by atoms with Crippen molar-refractivity contribution in [3.63, 3.8) is 0 Å². The molecule has 1 atom stereocenters. The van der Waals surface area contributed by atoms with E-state index in [1.54, 1.807) is 11.0 Å². The number of nitrogens with two attached hydrogens (primary N) is 1. The zero-order valence-corrected chi connectivity index (χ0v) is 12.1. The number of nitrogens with one attached hydrogen (secondary N) is 1. The smallest absolute Gasteiger partial charge is 0.294 e. The fourth-order valence-electron chi connectivity index (χ4n) is 2.55. The average Bonchev–Trinajstić information content (AvgIpc) is 2.45. The van der Waals surface area contributed by atoms with Crippen LogP contribution < -0.4 is 11.3 Å². The summed E-state index contributed by atoms with van der Waals surface area (Å²) in [6.07, 6.45) is 0. The normalized spacial score (nSPS) is 19.4. The molecule has 2 rings (SSSR count). The first-order chi connectivity index (χ1) is 9.93. The number of likely N-dealkylation sites (N-methyl/N-ethyl adjacent to an activating group) is 1. The Labute approximate surface area is 122 Å². The van der Waals surface area contributed by atoms with Gasteiger partial charge in [-0.3, -0.25) is 20.8 Å². The first-order valence-electron chi connectivity index (χ1n) is 6.68. The van der Waals surface area contributed by atoms with Crippen molar-refractivity contribution in [1.29, 1.82) is 0 Å². The third-order valence-corrected chi connectivity index (χ3v) is 3.69. The molecule has 21 heavy (non-hydrogen) atoms. The lowest BCUT2D eigenvalue weighted by atomic mass is 10.1. The fourth-order valence-corrected chi connectivity index (χ4v) is 2.55. The third-order valence-electron chi connectivity index (χ3n) is 3.69. The lowest BCUT2D eigenvalue weighted by Gasteiger charge is -2.38. The molecule has 1 aliphatic heterocycles. The van der Waals surface area contributed by atoms with Crippen LogP contribution in [-0.2, 0) is 0 Å². The minimum Gasteiger partial charge on any atom is -0.333 e. The van der Waals surface area contributed by atoms with Crippen molar-refractivity contribution < 1.29 is 9.72 Å². The number of carbonyl (C=O) groups excluding carboxylic acids is 1. The highest BCUT2D eigenvalue weighted by atomic mass is 16.6. The Kier molecular flexibility index (Phi) is 4.39. The van der Waals surface area contributed by atoms with E-state index in [4.69, 9.17) is 5.84 Å². The summed E-state index contributed by atoms with van der Waals surface area (Å²) in [4.78, 5) is 26.9. The van der Waals surface area contributed by atoms with Crippen molar-refractivity contribution >= 4 is 17.3 Å². The summed E-state index contributed by atoms with van der Waals surface area (Å²) >= 11 is 0. The molecule has 8 heteroatoms.